The van der Waals surface area contributed by atoms with Crippen molar-refractivity contribution in [1.29, 1.82) is 0 Å². The van der Waals surface area contributed by atoms with Gasteiger partial charge < -0.3 is 10.4 Å². The second-order valence-corrected chi connectivity index (χ2v) is 4.45. The lowest BCUT2D eigenvalue weighted by Gasteiger charge is -2.10. The molecule has 108 valence electrons. The minimum absolute atomic E-state index is 0.0833. The molecule has 0 saturated heterocycles. The molecule has 2 aromatic carbocycles. The molecule has 0 aliphatic carbocycles. The van der Waals surface area contributed by atoms with Crippen LogP contribution in [0.25, 0.3) is 0 Å². The molecular weight excluding hydrogens is 304 g/mol. The maximum atomic E-state index is 13.5. The Morgan fingerprint density at radius 1 is 1.14 bits per heavy atom. The summed E-state index contributed by atoms with van der Waals surface area (Å²) in [5, 5.41) is 11.2. The SMILES string of the molecule is O=C(Nc1cccc(Cl)c1C(=O)O)c1cc(F)ccc1F. The number of hydrogen-bond donors (Lipinski definition) is 2. The summed E-state index contributed by atoms with van der Waals surface area (Å²) >= 11 is 5.74. The number of rotatable bonds is 3. The van der Waals surface area contributed by atoms with Gasteiger partial charge in [-0.3, -0.25) is 4.79 Å². The number of hydrogen-bond acceptors (Lipinski definition) is 2. The normalized spacial score (nSPS) is 10.2. The highest BCUT2D eigenvalue weighted by atomic mass is 35.5. The lowest BCUT2D eigenvalue weighted by Crippen LogP contribution is -2.16. The Morgan fingerprint density at radius 3 is 2.52 bits per heavy atom. The number of amides is 1. The molecule has 4 nitrogen and oxygen atoms in total. The lowest BCUT2D eigenvalue weighted by atomic mass is 10.1. The Labute approximate surface area is 123 Å². The lowest BCUT2D eigenvalue weighted by molar-refractivity contribution is 0.0698. The monoisotopic (exact) mass is 311 g/mol. The number of carbonyl (C=O) groups excluding carboxylic acids is 1. The minimum atomic E-state index is -1.35. The molecule has 0 bridgehead atoms. The maximum absolute atomic E-state index is 13.5. The molecule has 0 saturated carbocycles. The molecule has 0 spiro atoms. The van der Waals surface area contributed by atoms with Gasteiger partial charge in [-0.2, -0.15) is 0 Å². The summed E-state index contributed by atoms with van der Waals surface area (Å²) in [4.78, 5) is 23.0. The number of carbonyl (C=O) groups is 2. The van der Waals surface area contributed by atoms with E-state index in [9.17, 15) is 18.4 Å². The van der Waals surface area contributed by atoms with E-state index in [0.717, 1.165) is 18.2 Å². The molecule has 0 aromatic heterocycles. The Hall–Kier alpha value is -2.47. The van der Waals surface area contributed by atoms with Crippen molar-refractivity contribution in [1.82, 2.24) is 0 Å². The van der Waals surface area contributed by atoms with Crippen LogP contribution in [0.4, 0.5) is 14.5 Å². The molecule has 2 aromatic rings. The fourth-order valence-electron chi connectivity index (χ4n) is 1.71. The Bertz CT molecular complexity index is 734. The van der Waals surface area contributed by atoms with E-state index in [0.29, 0.717) is 0 Å². The molecule has 0 atom stereocenters. The predicted octanol–water partition coefficient (Wildman–Crippen LogP) is 3.57. The molecule has 0 aliphatic heterocycles. The van der Waals surface area contributed by atoms with Gasteiger partial charge in [0.25, 0.3) is 5.91 Å². The number of nitrogens with one attached hydrogen (secondary N) is 1. The van der Waals surface area contributed by atoms with Crippen LogP contribution < -0.4 is 5.32 Å². The third-order valence-electron chi connectivity index (χ3n) is 2.65. The number of anilines is 1. The number of carboxylic acids is 1. The number of aromatic carboxylic acids is 1. The first-order chi connectivity index (χ1) is 9.90. The molecule has 7 heteroatoms. The van der Waals surface area contributed by atoms with Crippen molar-refractivity contribution in [3.05, 3.63) is 64.2 Å². The van der Waals surface area contributed by atoms with E-state index in [-0.39, 0.29) is 16.3 Å². The van der Waals surface area contributed by atoms with Gasteiger partial charge >= 0.3 is 5.97 Å². The van der Waals surface area contributed by atoms with Crippen LogP contribution in [0.3, 0.4) is 0 Å². The van der Waals surface area contributed by atoms with Crippen molar-refractivity contribution in [2.45, 2.75) is 0 Å². The van der Waals surface area contributed by atoms with E-state index < -0.39 is 29.1 Å². The second kappa shape index (κ2) is 5.88. The molecule has 2 rings (SSSR count). The number of halogens is 3. The standard InChI is InChI=1S/C14H8ClF2NO3/c15-9-2-1-3-11(12(9)14(20)21)18-13(19)8-6-7(16)4-5-10(8)17/h1-6H,(H,18,19)(H,20,21). The molecular formula is C14H8ClF2NO3. The van der Waals surface area contributed by atoms with E-state index in [1.807, 2.05) is 0 Å². The van der Waals surface area contributed by atoms with Crippen LogP contribution in [0, 0.1) is 11.6 Å². The van der Waals surface area contributed by atoms with Gasteiger partial charge in [-0.1, -0.05) is 17.7 Å². The third kappa shape index (κ3) is 3.17. The second-order valence-electron chi connectivity index (χ2n) is 4.05. The van der Waals surface area contributed by atoms with Gasteiger partial charge in [0, 0.05) is 0 Å². The largest absolute Gasteiger partial charge is 0.478 e. The first-order valence-corrected chi connectivity index (χ1v) is 6.06. The fraction of sp³-hybridized carbons (Fsp3) is 0. The topological polar surface area (TPSA) is 66.4 Å². The van der Waals surface area contributed by atoms with Gasteiger partial charge in [-0.05, 0) is 30.3 Å². The summed E-state index contributed by atoms with van der Waals surface area (Å²) in [5.74, 6) is -4.04. The summed E-state index contributed by atoms with van der Waals surface area (Å²) in [6.07, 6.45) is 0. The highest BCUT2D eigenvalue weighted by Gasteiger charge is 2.18. The van der Waals surface area contributed by atoms with E-state index in [1.54, 1.807) is 0 Å². The first kappa shape index (κ1) is 14.9. The molecule has 0 heterocycles. The fourth-order valence-corrected chi connectivity index (χ4v) is 1.96. The zero-order chi connectivity index (χ0) is 15.6. The molecule has 0 unspecified atom stereocenters. The molecule has 21 heavy (non-hydrogen) atoms. The molecule has 0 fully saturated rings. The quantitative estimate of drug-likeness (QED) is 0.910. The molecule has 0 aliphatic rings. The molecule has 2 N–H and O–H groups in total. The van der Waals surface area contributed by atoms with Crippen LogP contribution in [0.15, 0.2) is 36.4 Å². The minimum Gasteiger partial charge on any atom is -0.478 e. The van der Waals surface area contributed by atoms with Gasteiger partial charge in [-0.25, -0.2) is 13.6 Å². The van der Waals surface area contributed by atoms with Crippen LogP contribution >= 0.6 is 11.6 Å². The first-order valence-electron chi connectivity index (χ1n) is 5.68. The summed E-state index contributed by atoms with van der Waals surface area (Å²) < 4.78 is 26.5. The Balaban J connectivity index is 2.39. The summed E-state index contributed by atoms with van der Waals surface area (Å²) in [6.45, 7) is 0. The molecule has 0 radical (unpaired) electrons. The van der Waals surface area contributed by atoms with Crippen molar-refractivity contribution in [3.63, 3.8) is 0 Å². The van der Waals surface area contributed by atoms with E-state index in [2.05, 4.69) is 5.32 Å². The van der Waals surface area contributed by atoms with Gasteiger partial charge in [0.1, 0.15) is 17.2 Å². The van der Waals surface area contributed by atoms with Crippen LogP contribution in [-0.2, 0) is 0 Å². The van der Waals surface area contributed by atoms with Crippen molar-refractivity contribution in [2.24, 2.45) is 0 Å². The third-order valence-corrected chi connectivity index (χ3v) is 2.96. The number of benzene rings is 2. The van der Waals surface area contributed by atoms with E-state index in [4.69, 9.17) is 16.7 Å². The van der Waals surface area contributed by atoms with Gasteiger partial charge in [0.2, 0.25) is 0 Å². The molecule has 1 amide bonds. The van der Waals surface area contributed by atoms with Gasteiger partial charge in [0.05, 0.1) is 16.3 Å². The van der Waals surface area contributed by atoms with Crippen LogP contribution in [0.1, 0.15) is 20.7 Å². The maximum Gasteiger partial charge on any atom is 0.339 e. The highest BCUT2D eigenvalue weighted by Crippen LogP contribution is 2.25. The smallest absolute Gasteiger partial charge is 0.339 e. The average molecular weight is 312 g/mol. The summed E-state index contributed by atoms with van der Waals surface area (Å²) in [5.41, 5.74) is -0.973. The van der Waals surface area contributed by atoms with Crippen molar-refractivity contribution in [3.8, 4) is 0 Å². The number of carboxylic acid groups (broad SMARTS) is 1. The van der Waals surface area contributed by atoms with Crippen molar-refractivity contribution < 1.29 is 23.5 Å². The van der Waals surface area contributed by atoms with Gasteiger partial charge in [0.15, 0.2) is 0 Å². The van der Waals surface area contributed by atoms with Crippen molar-refractivity contribution in [2.75, 3.05) is 5.32 Å². The van der Waals surface area contributed by atoms with E-state index >= 15 is 0 Å². The van der Waals surface area contributed by atoms with E-state index in [1.165, 1.54) is 18.2 Å². The van der Waals surface area contributed by atoms with Crippen LogP contribution in [-0.4, -0.2) is 17.0 Å². The van der Waals surface area contributed by atoms with Gasteiger partial charge in [-0.15, -0.1) is 0 Å². The zero-order valence-electron chi connectivity index (χ0n) is 10.4. The highest BCUT2D eigenvalue weighted by molar-refractivity contribution is 6.34. The average Bonchev–Trinajstić information content (AvgIpc) is 2.41. The zero-order valence-corrected chi connectivity index (χ0v) is 11.1. The summed E-state index contributed by atoms with van der Waals surface area (Å²) in [6, 6.07) is 6.45. The summed E-state index contributed by atoms with van der Waals surface area (Å²) in [7, 11) is 0. The predicted molar refractivity (Wildman–Crippen MR) is 72.7 cm³/mol. The van der Waals surface area contributed by atoms with Crippen LogP contribution in [0.2, 0.25) is 5.02 Å². The Kier molecular flexibility index (Phi) is 4.18. The van der Waals surface area contributed by atoms with Crippen molar-refractivity contribution >= 4 is 29.2 Å². The van der Waals surface area contributed by atoms with Crippen LogP contribution in [0.5, 0.6) is 0 Å². The Morgan fingerprint density at radius 2 is 1.86 bits per heavy atom.